The average Bonchev–Trinajstić information content (AvgIpc) is 3.22. The Hall–Kier alpha value is -3.18. The monoisotopic (exact) mass is 805 g/mol. The lowest BCUT2D eigenvalue weighted by Crippen LogP contribution is -2.30. The van der Waals surface area contributed by atoms with Gasteiger partial charge in [-0.25, -0.2) is 0 Å². The summed E-state index contributed by atoms with van der Waals surface area (Å²) >= 11 is 0. The molecule has 1 atom stereocenters. The van der Waals surface area contributed by atoms with Crippen LogP contribution in [0.1, 0.15) is 201 Å². The van der Waals surface area contributed by atoms with E-state index in [1.165, 1.54) is 64.2 Å². The van der Waals surface area contributed by atoms with Crippen molar-refractivity contribution in [1.29, 1.82) is 0 Å². The fourth-order valence-corrected chi connectivity index (χ4v) is 6.15. The average molecular weight is 805 g/mol. The molecule has 0 heterocycles. The highest BCUT2D eigenvalue weighted by Gasteiger charge is 2.17. The highest BCUT2D eigenvalue weighted by atomic mass is 16.6. The van der Waals surface area contributed by atoms with E-state index in [9.17, 15) is 9.59 Å². The van der Waals surface area contributed by atoms with Crippen molar-refractivity contribution in [2.45, 2.75) is 207 Å². The van der Waals surface area contributed by atoms with Crippen molar-refractivity contribution >= 4 is 11.9 Å². The molecule has 0 aliphatic heterocycles. The van der Waals surface area contributed by atoms with Crippen LogP contribution >= 0.6 is 0 Å². The van der Waals surface area contributed by atoms with E-state index in [1.54, 1.807) is 0 Å². The van der Waals surface area contributed by atoms with Crippen molar-refractivity contribution in [2.24, 2.45) is 0 Å². The molecule has 0 spiro atoms. The van der Waals surface area contributed by atoms with Gasteiger partial charge < -0.3 is 14.2 Å². The third-order valence-corrected chi connectivity index (χ3v) is 9.62. The molecule has 58 heavy (non-hydrogen) atoms. The van der Waals surface area contributed by atoms with E-state index in [-0.39, 0.29) is 25.2 Å². The third-order valence-electron chi connectivity index (χ3n) is 9.62. The molecule has 0 aliphatic carbocycles. The molecule has 0 aromatic rings. The molecule has 0 rings (SSSR count). The number of hydrogen-bond donors (Lipinski definition) is 0. The number of allylic oxidation sites excluding steroid dienone is 16. The Morgan fingerprint density at radius 1 is 0.397 bits per heavy atom. The van der Waals surface area contributed by atoms with Gasteiger partial charge >= 0.3 is 11.9 Å². The largest absolute Gasteiger partial charge is 0.462 e. The number of carbonyl (C=O) groups excluding carboxylic acids is 2. The third kappa shape index (κ3) is 45.5. The van der Waals surface area contributed by atoms with E-state index in [0.29, 0.717) is 19.4 Å². The predicted octanol–water partition coefficient (Wildman–Crippen LogP) is 15.9. The molecule has 0 fully saturated rings. The Kier molecular flexibility index (Phi) is 45.5. The molecule has 5 nitrogen and oxygen atoms in total. The van der Waals surface area contributed by atoms with Gasteiger partial charge in [0.05, 0.1) is 6.61 Å². The van der Waals surface area contributed by atoms with Crippen LogP contribution in [0.5, 0.6) is 0 Å². The minimum Gasteiger partial charge on any atom is -0.462 e. The van der Waals surface area contributed by atoms with Crippen molar-refractivity contribution in [3.8, 4) is 0 Å². The van der Waals surface area contributed by atoms with Crippen LogP contribution in [0.15, 0.2) is 97.2 Å². The normalized spacial score (nSPS) is 13.1. The molecular weight excluding hydrogens is 717 g/mol. The van der Waals surface area contributed by atoms with Crippen LogP contribution in [0.4, 0.5) is 0 Å². The predicted molar refractivity (Wildman–Crippen MR) is 251 cm³/mol. The molecule has 0 aromatic heterocycles. The fraction of sp³-hybridized carbons (Fsp3) is 0.660. The number of rotatable bonds is 42. The van der Waals surface area contributed by atoms with E-state index in [1.807, 2.05) is 0 Å². The maximum atomic E-state index is 12.7. The van der Waals surface area contributed by atoms with Crippen LogP contribution in [0, 0.1) is 0 Å². The minimum absolute atomic E-state index is 0.0478. The van der Waals surface area contributed by atoms with Gasteiger partial charge in [0, 0.05) is 19.4 Å². The smallest absolute Gasteiger partial charge is 0.306 e. The van der Waals surface area contributed by atoms with Gasteiger partial charge in [-0.3, -0.25) is 9.59 Å². The van der Waals surface area contributed by atoms with Crippen LogP contribution in [0.3, 0.4) is 0 Å². The molecule has 330 valence electrons. The van der Waals surface area contributed by atoms with E-state index in [0.717, 1.165) is 103 Å². The van der Waals surface area contributed by atoms with E-state index in [4.69, 9.17) is 14.2 Å². The van der Waals surface area contributed by atoms with Crippen molar-refractivity contribution in [1.82, 2.24) is 0 Å². The Morgan fingerprint density at radius 3 is 1.29 bits per heavy atom. The van der Waals surface area contributed by atoms with Crippen molar-refractivity contribution in [3.63, 3.8) is 0 Å². The van der Waals surface area contributed by atoms with Crippen molar-refractivity contribution < 1.29 is 23.8 Å². The summed E-state index contributed by atoms with van der Waals surface area (Å²) in [6.45, 7) is 7.50. The topological polar surface area (TPSA) is 61.8 Å². The van der Waals surface area contributed by atoms with Crippen LogP contribution in [-0.4, -0.2) is 37.9 Å². The SMILES string of the molecule is CC/C=C\C/C=C\C/C=C\C/C=C\C/C=C\CCCC(=O)OCC(COCCCCCCCCCC)OC(=O)CCCCCCCCC/C=C\C/C=C\C/C=C\CC. The van der Waals surface area contributed by atoms with Crippen molar-refractivity contribution in [2.75, 3.05) is 19.8 Å². The molecule has 0 aromatic carbocycles. The van der Waals surface area contributed by atoms with Gasteiger partial charge in [0.2, 0.25) is 0 Å². The zero-order valence-electron chi connectivity index (χ0n) is 37.8. The van der Waals surface area contributed by atoms with Gasteiger partial charge in [-0.1, -0.05) is 195 Å². The maximum absolute atomic E-state index is 12.7. The Bertz CT molecular complexity index is 1140. The summed E-state index contributed by atoms with van der Waals surface area (Å²) in [7, 11) is 0. The Balaban J connectivity index is 4.31. The first kappa shape index (κ1) is 54.8. The van der Waals surface area contributed by atoms with Gasteiger partial charge in [-0.05, 0) is 89.9 Å². The summed E-state index contributed by atoms with van der Waals surface area (Å²) < 4.78 is 17.2. The second-order valence-corrected chi connectivity index (χ2v) is 15.3. The molecule has 0 saturated heterocycles. The second-order valence-electron chi connectivity index (χ2n) is 15.3. The summed E-state index contributed by atoms with van der Waals surface area (Å²) in [5.41, 5.74) is 0. The summed E-state index contributed by atoms with van der Waals surface area (Å²) in [4.78, 5) is 25.3. The number of carbonyl (C=O) groups is 2. The van der Waals surface area contributed by atoms with Gasteiger partial charge in [-0.15, -0.1) is 0 Å². The first-order valence-electron chi connectivity index (χ1n) is 23.8. The quantitative estimate of drug-likeness (QED) is 0.0349. The maximum Gasteiger partial charge on any atom is 0.306 e. The van der Waals surface area contributed by atoms with E-state index in [2.05, 4.69) is 118 Å². The molecular formula is C53H88O5. The molecule has 0 aliphatic rings. The Morgan fingerprint density at radius 2 is 0.793 bits per heavy atom. The minimum atomic E-state index is -0.565. The number of hydrogen-bond acceptors (Lipinski definition) is 5. The molecule has 0 amide bonds. The summed E-state index contributed by atoms with van der Waals surface area (Å²) in [5.74, 6) is -0.482. The van der Waals surface area contributed by atoms with Crippen LogP contribution in [0.25, 0.3) is 0 Å². The van der Waals surface area contributed by atoms with Gasteiger partial charge in [0.25, 0.3) is 0 Å². The molecule has 0 bridgehead atoms. The zero-order chi connectivity index (χ0) is 42.1. The lowest BCUT2D eigenvalue weighted by molar-refractivity contribution is -0.163. The molecule has 0 radical (unpaired) electrons. The number of ether oxygens (including phenoxy) is 3. The second kappa shape index (κ2) is 48.2. The van der Waals surface area contributed by atoms with Crippen LogP contribution in [0.2, 0.25) is 0 Å². The highest BCUT2D eigenvalue weighted by molar-refractivity contribution is 5.70. The standard InChI is InChI=1S/C53H88O5/c1-4-7-10-13-16-19-21-23-25-27-29-31-33-35-37-40-43-46-52(54)57-50-51(49-56-48-45-42-39-18-15-12-9-6-3)58-53(55)47-44-41-38-36-34-32-30-28-26-24-22-20-17-14-11-8-5-2/h7-8,10-11,16-17,19-20,23-26,29,31,35,37,51H,4-6,9,12-15,18,21-22,27-28,30,32-34,36,38-50H2,1-3H3/b10-7-,11-8-,19-16-,20-17-,25-23-,26-24-,31-29-,37-35-. The fourth-order valence-electron chi connectivity index (χ4n) is 6.15. The van der Waals surface area contributed by atoms with E-state index >= 15 is 0 Å². The molecule has 0 saturated carbocycles. The lowest BCUT2D eigenvalue weighted by Gasteiger charge is -2.18. The van der Waals surface area contributed by atoms with E-state index < -0.39 is 6.10 Å². The molecule has 0 N–H and O–H groups in total. The summed E-state index contributed by atoms with van der Waals surface area (Å²) in [6, 6.07) is 0. The summed E-state index contributed by atoms with van der Waals surface area (Å²) in [5, 5.41) is 0. The first-order chi connectivity index (χ1) is 28.6. The summed E-state index contributed by atoms with van der Waals surface area (Å²) in [6.07, 6.45) is 64.1. The van der Waals surface area contributed by atoms with Crippen LogP contribution in [-0.2, 0) is 23.8 Å². The Labute approximate surface area is 358 Å². The zero-order valence-corrected chi connectivity index (χ0v) is 37.8. The molecule has 1 unspecified atom stereocenters. The number of unbranched alkanes of at least 4 members (excludes halogenated alkanes) is 15. The van der Waals surface area contributed by atoms with Crippen molar-refractivity contribution in [3.05, 3.63) is 97.2 Å². The number of esters is 2. The van der Waals surface area contributed by atoms with Gasteiger partial charge in [0.15, 0.2) is 6.10 Å². The van der Waals surface area contributed by atoms with Gasteiger partial charge in [0.1, 0.15) is 6.61 Å². The first-order valence-corrected chi connectivity index (χ1v) is 23.8. The van der Waals surface area contributed by atoms with Gasteiger partial charge in [-0.2, -0.15) is 0 Å². The molecule has 5 heteroatoms. The van der Waals surface area contributed by atoms with Crippen LogP contribution < -0.4 is 0 Å². The highest BCUT2D eigenvalue weighted by Crippen LogP contribution is 2.13. The lowest BCUT2D eigenvalue weighted by atomic mass is 10.1.